The van der Waals surface area contributed by atoms with E-state index >= 15 is 0 Å². The van der Waals surface area contributed by atoms with Crippen LogP contribution >= 0.6 is 23.1 Å². The molecule has 0 aliphatic rings. The molecule has 1 aromatic heterocycles. The van der Waals surface area contributed by atoms with E-state index in [2.05, 4.69) is 0 Å². The molecule has 0 radical (unpaired) electrons. The van der Waals surface area contributed by atoms with E-state index in [0.717, 1.165) is 27.8 Å². The van der Waals surface area contributed by atoms with Crippen molar-refractivity contribution >= 4 is 44.3 Å². The van der Waals surface area contributed by atoms with Crippen molar-refractivity contribution in [3.8, 4) is 0 Å². The van der Waals surface area contributed by atoms with Crippen LogP contribution in [0, 0.1) is 0 Å². The first-order valence-electron chi connectivity index (χ1n) is 6.65. The number of hydrogen-bond acceptors (Lipinski definition) is 6. The molecule has 0 spiro atoms. The molecule has 2 unspecified atom stereocenters. The van der Waals surface area contributed by atoms with Gasteiger partial charge in [-0.1, -0.05) is 23.9 Å². The highest BCUT2D eigenvalue weighted by atomic mass is 32.2. The van der Waals surface area contributed by atoms with Crippen molar-refractivity contribution < 1.29 is 24.9 Å². The lowest BCUT2D eigenvalue weighted by Gasteiger charge is -2.18. The van der Waals surface area contributed by atoms with Crippen LogP contribution < -0.4 is 0 Å². The fourth-order valence-electron chi connectivity index (χ4n) is 2.14. The van der Waals surface area contributed by atoms with Crippen LogP contribution in [-0.2, 0) is 4.79 Å². The summed E-state index contributed by atoms with van der Waals surface area (Å²) in [5.74, 6) is -0.590. The zero-order valence-electron chi connectivity index (χ0n) is 11.9. The van der Waals surface area contributed by atoms with Gasteiger partial charge >= 0.3 is 5.97 Å². The quantitative estimate of drug-likeness (QED) is 0.748. The molecule has 0 fully saturated rings. The number of thioether (sulfide) groups is 1. The molecular weight excluding hydrogens is 324 g/mol. The Balaban J connectivity index is 2.21. The highest BCUT2D eigenvalue weighted by Gasteiger charge is 2.22. The number of aliphatic hydroxyl groups is 2. The number of aliphatic hydroxyl groups excluding tert-OH is 2. The summed E-state index contributed by atoms with van der Waals surface area (Å²) in [6, 6.07) is 6.69. The number of carboxylic acids is 1. The van der Waals surface area contributed by atoms with E-state index in [0.29, 0.717) is 16.7 Å². The summed E-state index contributed by atoms with van der Waals surface area (Å²) >= 11 is 2.23. The number of rotatable bonds is 6. The van der Waals surface area contributed by atoms with E-state index in [1.807, 2.05) is 0 Å². The number of carboxylic acid groups (broad SMARTS) is 1. The van der Waals surface area contributed by atoms with Gasteiger partial charge in [0.2, 0.25) is 0 Å². The number of fused-ring (bicyclic) bond motifs is 1. The smallest absolute Gasteiger partial charge is 0.345 e. The molecular formula is C15H16O5S2. The average Bonchev–Trinajstić information content (AvgIpc) is 2.90. The minimum absolute atomic E-state index is 0.0345. The molecule has 22 heavy (non-hydrogen) atoms. The largest absolute Gasteiger partial charge is 0.477 e. The topological polar surface area (TPSA) is 94.8 Å². The van der Waals surface area contributed by atoms with Crippen LogP contribution in [-0.4, -0.2) is 38.3 Å². The van der Waals surface area contributed by atoms with Crippen LogP contribution in [0.2, 0.25) is 0 Å². The van der Waals surface area contributed by atoms with Crippen LogP contribution in [0.25, 0.3) is 10.1 Å². The Bertz CT molecular complexity index is 694. The van der Waals surface area contributed by atoms with Crippen molar-refractivity contribution in [1.82, 2.24) is 0 Å². The standard InChI is InChI=1S/C15H16O5S2/c1-8(16)21-6-5-11(17)14(18)9-3-2-4-12-10(9)7-13(22-12)15(19)20/h2-4,7,11,14,17-18H,5-6H2,1H3,(H,19,20). The predicted molar refractivity (Wildman–Crippen MR) is 87.5 cm³/mol. The van der Waals surface area contributed by atoms with Crippen LogP contribution in [0.1, 0.15) is 34.7 Å². The van der Waals surface area contributed by atoms with Gasteiger partial charge in [0.15, 0.2) is 5.12 Å². The van der Waals surface area contributed by atoms with Gasteiger partial charge in [0, 0.05) is 17.4 Å². The van der Waals surface area contributed by atoms with Crippen molar-refractivity contribution in [1.29, 1.82) is 0 Å². The number of benzene rings is 1. The molecule has 2 aromatic rings. The van der Waals surface area contributed by atoms with E-state index in [1.54, 1.807) is 18.2 Å². The third-order valence-electron chi connectivity index (χ3n) is 3.21. The number of carbonyl (C=O) groups is 2. The van der Waals surface area contributed by atoms with Gasteiger partial charge in [0.05, 0.1) is 6.10 Å². The highest BCUT2D eigenvalue weighted by Crippen LogP contribution is 2.33. The summed E-state index contributed by atoms with van der Waals surface area (Å²) in [6.45, 7) is 1.45. The molecule has 1 heterocycles. The molecule has 7 heteroatoms. The van der Waals surface area contributed by atoms with Crippen LogP contribution in [0.5, 0.6) is 0 Å². The zero-order valence-corrected chi connectivity index (χ0v) is 13.5. The van der Waals surface area contributed by atoms with Crippen molar-refractivity contribution in [2.75, 3.05) is 5.75 Å². The molecule has 118 valence electrons. The fraction of sp³-hybridized carbons (Fsp3) is 0.333. The molecule has 1 aromatic carbocycles. The van der Waals surface area contributed by atoms with Gasteiger partial charge in [0.1, 0.15) is 11.0 Å². The normalized spacial score (nSPS) is 14.0. The maximum atomic E-state index is 11.1. The summed E-state index contributed by atoms with van der Waals surface area (Å²) in [4.78, 5) is 22.1. The number of aromatic carboxylic acids is 1. The Morgan fingerprint density at radius 1 is 1.32 bits per heavy atom. The first-order valence-corrected chi connectivity index (χ1v) is 8.45. The molecule has 0 saturated heterocycles. The fourth-order valence-corrected chi connectivity index (χ4v) is 3.72. The summed E-state index contributed by atoms with van der Waals surface area (Å²) in [6.07, 6.45) is -1.85. The predicted octanol–water partition coefficient (Wildman–Crippen LogP) is 2.66. The van der Waals surface area contributed by atoms with E-state index < -0.39 is 18.2 Å². The molecule has 3 N–H and O–H groups in total. The summed E-state index contributed by atoms with van der Waals surface area (Å²) in [7, 11) is 0. The second-order valence-corrected chi connectivity index (χ2v) is 7.17. The van der Waals surface area contributed by atoms with Gasteiger partial charge < -0.3 is 15.3 Å². The SMILES string of the molecule is CC(=O)SCCC(O)C(O)c1cccc2sc(C(=O)O)cc12. The maximum absolute atomic E-state index is 11.1. The van der Waals surface area contributed by atoms with E-state index in [-0.39, 0.29) is 16.4 Å². The van der Waals surface area contributed by atoms with Gasteiger partial charge in [-0.2, -0.15) is 0 Å². The van der Waals surface area contributed by atoms with Crippen molar-refractivity contribution in [2.24, 2.45) is 0 Å². The number of carbonyl (C=O) groups excluding carboxylic acids is 1. The van der Waals surface area contributed by atoms with Crippen LogP contribution in [0.15, 0.2) is 24.3 Å². The molecule has 0 aliphatic heterocycles. The molecule has 5 nitrogen and oxygen atoms in total. The lowest BCUT2D eigenvalue weighted by Crippen LogP contribution is -2.19. The molecule has 2 rings (SSSR count). The highest BCUT2D eigenvalue weighted by molar-refractivity contribution is 8.13. The minimum atomic E-state index is -1.12. The zero-order chi connectivity index (χ0) is 16.3. The Hall–Kier alpha value is -1.41. The molecule has 0 aliphatic carbocycles. The molecule has 2 atom stereocenters. The van der Waals surface area contributed by atoms with E-state index in [4.69, 9.17) is 5.11 Å². The van der Waals surface area contributed by atoms with Crippen LogP contribution in [0.3, 0.4) is 0 Å². The summed E-state index contributed by atoms with van der Waals surface area (Å²) in [5.41, 5.74) is 0.501. The lowest BCUT2D eigenvalue weighted by atomic mass is 9.99. The Kier molecular flexibility index (Phi) is 5.57. The first-order chi connectivity index (χ1) is 10.4. The average molecular weight is 340 g/mol. The molecule has 0 saturated carbocycles. The third-order valence-corrected chi connectivity index (χ3v) is 5.14. The van der Waals surface area contributed by atoms with Crippen molar-refractivity contribution in [3.05, 3.63) is 34.7 Å². The summed E-state index contributed by atoms with van der Waals surface area (Å²) in [5, 5.41) is 30.0. The van der Waals surface area contributed by atoms with Gasteiger partial charge in [0.25, 0.3) is 0 Å². The Morgan fingerprint density at radius 3 is 2.68 bits per heavy atom. The second kappa shape index (κ2) is 7.23. The second-order valence-electron chi connectivity index (χ2n) is 4.82. The lowest BCUT2D eigenvalue weighted by molar-refractivity contribution is -0.109. The van der Waals surface area contributed by atoms with Gasteiger partial charge in [-0.25, -0.2) is 4.79 Å². The maximum Gasteiger partial charge on any atom is 0.345 e. The van der Waals surface area contributed by atoms with E-state index in [9.17, 15) is 19.8 Å². The van der Waals surface area contributed by atoms with Gasteiger partial charge in [-0.05, 0) is 29.5 Å². The van der Waals surface area contributed by atoms with Crippen LogP contribution in [0.4, 0.5) is 0 Å². The minimum Gasteiger partial charge on any atom is -0.477 e. The number of hydrogen-bond donors (Lipinski definition) is 3. The summed E-state index contributed by atoms with van der Waals surface area (Å²) < 4.78 is 0.749. The van der Waals surface area contributed by atoms with Crippen molar-refractivity contribution in [3.63, 3.8) is 0 Å². The first kappa shape index (κ1) is 17.0. The van der Waals surface area contributed by atoms with Gasteiger partial charge in [-0.15, -0.1) is 11.3 Å². The monoisotopic (exact) mass is 340 g/mol. The molecule has 0 bridgehead atoms. The Labute approximate surface area is 135 Å². The third kappa shape index (κ3) is 3.86. The Morgan fingerprint density at radius 2 is 2.05 bits per heavy atom. The van der Waals surface area contributed by atoms with Crippen molar-refractivity contribution in [2.45, 2.75) is 25.6 Å². The van der Waals surface area contributed by atoms with Gasteiger partial charge in [-0.3, -0.25) is 4.79 Å². The van der Waals surface area contributed by atoms with E-state index in [1.165, 1.54) is 13.0 Å². The molecule has 0 amide bonds. The number of thiophene rings is 1.